The Bertz CT molecular complexity index is 714. The van der Waals surface area contributed by atoms with Crippen molar-refractivity contribution in [2.75, 3.05) is 50.0 Å². The van der Waals surface area contributed by atoms with Crippen molar-refractivity contribution in [3.8, 4) is 11.3 Å². The van der Waals surface area contributed by atoms with Crippen molar-refractivity contribution in [2.24, 2.45) is 0 Å². The van der Waals surface area contributed by atoms with Gasteiger partial charge in [-0.05, 0) is 25.0 Å². The van der Waals surface area contributed by atoms with Gasteiger partial charge in [-0.3, -0.25) is 9.88 Å². The molecule has 0 radical (unpaired) electrons. The number of aromatic nitrogens is 3. The molecule has 0 atom stereocenters. The molecular weight excluding hydrogens is 340 g/mol. The van der Waals surface area contributed by atoms with Gasteiger partial charge in [0, 0.05) is 56.2 Å². The zero-order valence-electron chi connectivity index (χ0n) is 15.7. The van der Waals surface area contributed by atoms with Crippen molar-refractivity contribution in [3.63, 3.8) is 0 Å². The van der Waals surface area contributed by atoms with Crippen molar-refractivity contribution in [1.82, 2.24) is 19.9 Å². The van der Waals surface area contributed by atoms with E-state index in [1.165, 1.54) is 25.7 Å². The first-order valence-electron chi connectivity index (χ1n) is 9.97. The maximum atomic E-state index is 5.41. The van der Waals surface area contributed by atoms with Crippen molar-refractivity contribution in [1.29, 1.82) is 0 Å². The topological polar surface area (TPSA) is 75.2 Å². The Hall–Kier alpha value is -2.25. The molecule has 0 aromatic carbocycles. The van der Waals surface area contributed by atoms with Gasteiger partial charge in [0.2, 0.25) is 5.95 Å². The summed E-state index contributed by atoms with van der Waals surface area (Å²) in [6.45, 7) is 5.51. The minimum atomic E-state index is 0.485. The molecule has 27 heavy (non-hydrogen) atoms. The van der Waals surface area contributed by atoms with Crippen LogP contribution in [0.5, 0.6) is 0 Å². The van der Waals surface area contributed by atoms with E-state index in [0.29, 0.717) is 12.0 Å². The minimum absolute atomic E-state index is 0.485. The maximum Gasteiger partial charge on any atom is 0.225 e. The zero-order valence-corrected chi connectivity index (χ0v) is 15.7. The number of nitrogens with one attached hydrogen (secondary N) is 2. The van der Waals surface area contributed by atoms with Gasteiger partial charge in [-0.15, -0.1) is 0 Å². The molecule has 0 unspecified atom stereocenters. The molecule has 7 nitrogen and oxygen atoms in total. The Kier molecular flexibility index (Phi) is 6.11. The zero-order chi connectivity index (χ0) is 18.3. The van der Waals surface area contributed by atoms with E-state index in [4.69, 9.17) is 14.7 Å². The number of hydrogen-bond acceptors (Lipinski definition) is 7. The summed E-state index contributed by atoms with van der Waals surface area (Å²) in [4.78, 5) is 16.0. The normalized spacial score (nSPS) is 18.5. The summed E-state index contributed by atoms with van der Waals surface area (Å²) in [5.74, 6) is 1.58. The van der Waals surface area contributed by atoms with Crippen LogP contribution >= 0.6 is 0 Å². The highest BCUT2D eigenvalue weighted by molar-refractivity contribution is 5.64. The van der Waals surface area contributed by atoms with E-state index in [1.54, 1.807) is 12.4 Å². The van der Waals surface area contributed by atoms with Crippen LogP contribution in [-0.4, -0.2) is 65.3 Å². The Labute approximate surface area is 160 Å². The van der Waals surface area contributed by atoms with E-state index in [2.05, 4.69) is 20.5 Å². The summed E-state index contributed by atoms with van der Waals surface area (Å²) < 4.78 is 5.41. The molecule has 4 rings (SSSR count). The Morgan fingerprint density at radius 3 is 2.63 bits per heavy atom. The maximum absolute atomic E-state index is 5.41. The fraction of sp³-hybridized carbons (Fsp3) is 0.550. The Morgan fingerprint density at radius 1 is 1.07 bits per heavy atom. The SMILES string of the molecule is c1cc(-c2cc(NCCN3CCOCC3)nc(NC3CCCC3)n2)ccn1. The van der Waals surface area contributed by atoms with Crippen molar-refractivity contribution < 1.29 is 4.74 Å². The first kappa shape index (κ1) is 18.1. The third kappa shape index (κ3) is 5.14. The lowest BCUT2D eigenvalue weighted by molar-refractivity contribution is 0.0398. The Morgan fingerprint density at radius 2 is 1.85 bits per heavy atom. The predicted octanol–water partition coefficient (Wildman–Crippen LogP) is 2.64. The number of rotatable bonds is 7. The highest BCUT2D eigenvalue weighted by Gasteiger charge is 2.17. The molecule has 1 aliphatic heterocycles. The molecule has 144 valence electrons. The molecule has 0 bridgehead atoms. The number of anilines is 2. The molecule has 7 heteroatoms. The van der Waals surface area contributed by atoms with Gasteiger partial charge >= 0.3 is 0 Å². The van der Waals surface area contributed by atoms with E-state index in [9.17, 15) is 0 Å². The summed E-state index contributed by atoms with van der Waals surface area (Å²) >= 11 is 0. The number of pyridine rings is 1. The minimum Gasteiger partial charge on any atom is -0.379 e. The third-order valence-corrected chi connectivity index (χ3v) is 5.23. The molecule has 1 aliphatic carbocycles. The summed E-state index contributed by atoms with van der Waals surface area (Å²) in [5.41, 5.74) is 1.97. The molecule has 2 fully saturated rings. The summed E-state index contributed by atoms with van der Waals surface area (Å²) in [6.07, 6.45) is 8.56. The number of nitrogens with zero attached hydrogens (tertiary/aromatic N) is 4. The lowest BCUT2D eigenvalue weighted by atomic mass is 10.2. The summed E-state index contributed by atoms with van der Waals surface area (Å²) in [7, 11) is 0. The van der Waals surface area contributed by atoms with Crippen LogP contribution in [0.1, 0.15) is 25.7 Å². The van der Waals surface area contributed by atoms with E-state index in [1.807, 2.05) is 18.2 Å². The summed E-state index contributed by atoms with van der Waals surface area (Å²) in [5, 5.41) is 7.00. The summed E-state index contributed by atoms with van der Waals surface area (Å²) in [6, 6.07) is 6.48. The van der Waals surface area contributed by atoms with Gasteiger partial charge in [0.15, 0.2) is 0 Å². The van der Waals surface area contributed by atoms with Crippen molar-refractivity contribution >= 4 is 11.8 Å². The van der Waals surface area contributed by atoms with Crippen LogP contribution in [0.3, 0.4) is 0 Å². The molecule has 2 aromatic heterocycles. The van der Waals surface area contributed by atoms with Gasteiger partial charge in [0.1, 0.15) is 5.82 Å². The molecule has 1 saturated carbocycles. The highest BCUT2D eigenvalue weighted by atomic mass is 16.5. The molecule has 1 saturated heterocycles. The van der Waals surface area contributed by atoms with E-state index in [0.717, 1.165) is 56.5 Å². The third-order valence-electron chi connectivity index (χ3n) is 5.23. The second kappa shape index (κ2) is 9.10. The van der Waals surface area contributed by atoms with E-state index < -0.39 is 0 Å². The molecule has 3 heterocycles. The fourth-order valence-electron chi connectivity index (χ4n) is 3.69. The number of hydrogen-bond donors (Lipinski definition) is 2. The molecule has 2 aliphatic rings. The van der Waals surface area contributed by atoms with Crippen LogP contribution in [0.25, 0.3) is 11.3 Å². The van der Waals surface area contributed by atoms with Crippen molar-refractivity contribution in [2.45, 2.75) is 31.7 Å². The standard InChI is InChI=1S/C20H28N6O/c1-2-4-17(3-1)23-20-24-18(16-5-7-21-8-6-16)15-19(25-20)22-9-10-26-11-13-27-14-12-26/h5-8,15,17H,1-4,9-14H2,(H2,22,23,24,25). The Balaban J connectivity index is 1.46. The van der Waals surface area contributed by atoms with Crippen LogP contribution < -0.4 is 10.6 Å². The predicted molar refractivity (Wildman–Crippen MR) is 107 cm³/mol. The fourth-order valence-corrected chi connectivity index (χ4v) is 3.69. The van der Waals surface area contributed by atoms with E-state index >= 15 is 0 Å². The first-order valence-corrected chi connectivity index (χ1v) is 9.97. The van der Waals surface area contributed by atoms with Gasteiger partial charge in [0.05, 0.1) is 18.9 Å². The van der Waals surface area contributed by atoms with Gasteiger partial charge in [-0.2, -0.15) is 4.98 Å². The van der Waals surface area contributed by atoms with Crippen molar-refractivity contribution in [3.05, 3.63) is 30.6 Å². The molecule has 0 spiro atoms. The molecule has 2 aromatic rings. The molecule has 0 amide bonds. The second-order valence-electron chi connectivity index (χ2n) is 7.20. The second-order valence-corrected chi connectivity index (χ2v) is 7.20. The van der Waals surface area contributed by atoms with Crippen LogP contribution in [0, 0.1) is 0 Å². The van der Waals surface area contributed by atoms with Gasteiger partial charge in [-0.1, -0.05) is 12.8 Å². The monoisotopic (exact) mass is 368 g/mol. The molecular formula is C20H28N6O. The average Bonchev–Trinajstić information content (AvgIpc) is 3.22. The van der Waals surface area contributed by atoms with Gasteiger partial charge in [-0.25, -0.2) is 4.98 Å². The quantitative estimate of drug-likeness (QED) is 0.778. The van der Waals surface area contributed by atoms with Crippen LogP contribution in [0.2, 0.25) is 0 Å². The smallest absolute Gasteiger partial charge is 0.225 e. The van der Waals surface area contributed by atoms with Crippen LogP contribution in [0.15, 0.2) is 30.6 Å². The van der Waals surface area contributed by atoms with E-state index in [-0.39, 0.29) is 0 Å². The number of ether oxygens (including phenoxy) is 1. The highest BCUT2D eigenvalue weighted by Crippen LogP contribution is 2.24. The van der Waals surface area contributed by atoms with Gasteiger partial charge in [0.25, 0.3) is 0 Å². The first-order chi connectivity index (χ1) is 13.4. The molecule has 2 N–H and O–H groups in total. The lowest BCUT2D eigenvalue weighted by Gasteiger charge is -2.26. The largest absolute Gasteiger partial charge is 0.379 e. The van der Waals surface area contributed by atoms with Crippen LogP contribution in [-0.2, 0) is 4.74 Å². The van der Waals surface area contributed by atoms with Crippen LogP contribution in [0.4, 0.5) is 11.8 Å². The lowest BCUT2D eigenvalue weighted by Crippen LogP contribution is -2.39. The van der Waals surface area contributed by atoms with Gasteiger partial charge < -0.3 is 15.4 Å². The number of morpholine rings is 1. The average molecular weight is 368 g/mol.